The van der Waals surface area contributed by atoms with Crippen molar-refractivity contribution in [3.8, 4) is 0 Å². The van der Waals surface area contributed by atoms with Crippen LogP contribution in [0.25, 0.3) is 0 Å². The highest BCUT2D eigenvalue weighted by Gasteiger charge is 2.32. The first-order valence-electron chi connectivity index (χ1n) is 12.9. The lowest BCUT2D eigenvalue weighted by molar-refractivity contribution is -0.152. The van der Waals surface area contributed by atoms with Crippen LogP contribution in [-0.4, -0.2) is 36.9 Å². The first-order valence-corrected chi connectivity index (χ1v) is 13.3. The lowest BCUT2D eigenvalue weighted by Gasteiger charge is -2.25. The Balaban J connectivity index is 0.00000353. The Hall–Kier alpha value is -3.39. The van der Waals surface area contributed by atoms with Gasteiger partial charge in [0.2, 0.25) is 0 Å². The smallest absolute Gasteiger partial charge is 0.323 e. The number of esters is 1. The Morgan fingerprint density at radius 2 is 1.74 bits per heavy atom. The molecule has 2 aliphatic heterocycles. The summed E-state index contributed by atoms with van der Waals surface area (Å²) in [6, 6.07) is 19.5. The number of carbonyl (C=O) groups excluding carboxylic acids is 3. The lowest BCUT2D eigenvalue weighted by atomic mass is 10.0. The largest absolute Gasteiger partial charge is 0.456 e. The molecule has 2 heterocycles. The molecule has 9 heteroatoms. The summed E-state index contributed by atoms with van der Waals surface area (Å²) < 4.78 is 5.93. The van der Waals surface area contributed by atoms with Gasteiger partial charge in [0.25, 0.3) is 11.8 Å². The van der Waals surface area contributed by atoms with Crippen LogP contribution in [0.15, 0.2) is 66.7 Å². The Morgan fingerprint density at radius 1 is 0.974 bits per heavy atom. The van der Waals surface area contributed by atoms with Gasteiger partial charge < -0.3 is 20.3 Å². The van der Waals surface area contributed by atoms with E-state index in [4.69, 9.17) is 16.3 Å². The summed E-state index contributed by atoms with van der Waals surface area (Å²) in [5, 5.41) is 6.29. The van der Waals surface area contributed by atoms with E-state index in [9.17, 15) is 14.4 Å². The summed E-state index contributed by atoms with van der Waals surface area (Å²) in [4.78, 5) is 40.8. The summed E-state index contributed by atoms with van der Waals surface area (Å²) >= 11 is 6.57. The minimum atomic E-state index is -0.423. The highest BCUT2D eigenvalue weighted by atomic mass is 35.5. The van der Waals surface area contributed by atoms with Crippen LogP contribution in [0.4, 0.5) is 11.4 Å². The molecule has 0 spiro atoms. The number of hydrogen-bond donors (Lipinski definition) is 2. The van der Waals surface area contributed by atoms with Gasteiger partial charge in [0, 0.05) is 23.4 Å². The van der Waals surface area contributed by atoms with Crippen LogP contribution >= 0.6 is 24.0 Å². The van der Waals surface area contributed by atoms with E-state index in [1.54, 1.807) is 29.2 Å². The molecule has 2 atom stereocenters. The fourth-order valence-electron chi connectivity index (χ4n) is 5.10. The van der Waals surface area contributed by atoms with Gasteiger partial charge in [0.15, 0.2) is 0 Å². The molecule has 7 nitrogen and oxygen atoms in total. The molecule has 39 heavy (non-hydrogen) atoms. The predicted octanol–water partition coefficient (Wildman–Crippen LogP) is 6.10. The number of rotatable bonds is 5. The molecule has 0 bridgehead atoms. The maximum Gasteiger partial charge on any atom is 0.323 e. The molecule has 3 aromatic rings. The zero-order chi connectivity index (χ0) is 26.6. The second-order valence-electron chi connectivity index (χ2n) is 9.70. The van der Waals surface area contributed by atoms with Gasteiger partial charge in [0.1, 0.15) is 12.1 Å². The third-order valence-corrected chi connectivity index (χ3v) is 7.43. The van der Waals surface area contributed by atoms with Crippen LogP contribution in [0, 0.1) is 6.92 Å². The zero-order valence-corrected chi connectivity index (χ0v) is 23.2. The maximum absolute atomic E-state index is 13.7. The molecular weight excluding hydrogens is 537 g/mol. The number of halogens is 2. The average molecular weight is 569 g/mol. The Bertz CT molecular complexity index is 1370. The molecule has 0 radical (unpaired) electrons. The Morgan fingerprint density at radius 3 is 2.49 bits per heavy atom. The summed E-state index contributed by atoms with van der Waals surface area (Å²) in [5.74, 6) is -0.731. The fourth-order valence-corrected chi connectivity index (χ4v) is 5.36. The van der Waals surface area contributed by atoms with Crippen molar-refractivity contribution in [3.05, 3.63) is 94.0 Å². The first-order chi connectivity index (χ1) is 18.4. The predicted molar refractivity (Wildman–Crippen MR) is 155 cm³/mol. The quantitative estimate of drug-likeness (QED) is 0.364. The van der Waals surface area contributed by atoms with Crippen molar-refractivity contribution < 1.29 is 19.1 Å². The van der Waals surface area contributed by atoms with Crippen molar-refractivity contribution in [1.29, 1.82) is 0 Å². The third kappa shape index (κ3) is 6.27. The van der Waals surface area contributed by atoms with Crippen molar-refractivity contribution in [3.63, 3.8) is 0 Å². The summed E-state index contributed by atoms with van der Waals surface area (Å²) in [5.41, 5.74) is 3.79. The highest BCUT2D eigenvalue weighted by Crippen LogP contribution is 2.37. The topological polar surface area (TPSA) is 87.7 Å². The van der Waals surface area contributed by atoms with E-state index in [2.05, 4.69) is 10.6 Å². The van der Waals surface area contributed by atoms with Gasteiger partial charge >= 0.3 is 5.97 Å². The van der Waals surface area contributed by atoms with E-state index in [-0.39, 0.29) is 41.3 Å². The number of para-hydroxylation sites is 1. The van der Waals surface area contributed by atoms with Crippen molar-refractivity contribution in [2.24, 2.45) is 0 Å². The Kier molecular flexibility index (Phi) is 9.28. The number of ether oxygens (including phenoxy) is 1. The molecule has 5 rings (SSSR count). The van der Waals surface area contributed by atoms with E-state index >= 15 is 0 Å². The average Bonchev–Trinajstić information content (AvgIpc) is 3.40. The van der Waals surface area contributed by atoms with Gasteiger partial charge in [-0.15, -0.1) is 12.4 Å². The molecule has 1 fully saturated rings. The van der Waals surface area contributed by atoms with E-state index < -0.39 is 6.10 Å². The second kappa shape index (κ2) is 12.6. The molecule has 1 saturated heterocycles. The molecule has 0 aromatic heterocycles. The van der Waals surface area contributed by atoms with E-state index in [0.717, 1.165) is 30.5 Å². The number of nitrogens with zero attached hydrogens (tertiary/aromatic N) is 1. The summed E-state index contributed by atoms with van der Waals surface area (Å²) in [6.45, 7) is 3.16. The van der Waals surface area contributed by atoms with Crippen LogP contribution in [0.1, 0.15) is 63.6 Å². The molecule has 2 amide bonds. The highest BCUT2D eigenvalue weighted by molar-refractivity contribution is 6.35. The SMILES string of the molecule is Cc1ccccc1C(=O)Nc1ccc(C(=O)N2CCCC(OC(=O)[C@H]3CCCN3)c3ccccc32)c(Cl)c1.Cl. The van der Waals surface area contributed by atoms with Gasteiger partial charge in [-0.1, -0.05) is 48.0 Å². The van der Waals surface area contributed by atoms with Crippen LogP contribution in [0.3, 0.4) is 0 Å². The number of carbonyl (C=O) groups is 3. The molecule has 2 N–H and O–H groups in total. The minimum Gasteiger partial charge on any atom is -0.456 e. The molecule has 1 unspecified atom stereocenters. The van der Waals surface area contributed by atoms with Crippen molar-refractivity contribution in [2.75, 3.05) is 23.3 Å². The number of anilines is 2. The molecule has 0 saturated carbocycles. The standard InChI is InChI=1S/C30H30ClN3O4.ClH/c1-19-8-2-3-9-21(19)28(35)33-20-14-15-22(24(31)18-20)29(36)34-17-7-13-27(23-10-4-5-12-26(23)34)38-30(37)25-11-6-16-32-25;/h2-5,8-10,12,14-15,18,25,27,32H,6-7,11,13,16-17H2,1H3,(H,33,35);1H/t25-,27?;/m1./s1. The number of benzene rings is 3. The van der Waals surface area contributed by atoms with Crippen LogP contribution in [0.5, 0.6) is 0 Å². The van der Waals surface area contributed by atoms with Gasteiger partial charge in [-0.05, 0) is 75.0 Å². The molecule has 0 aliphatic carbocycles. The third-order valence-electron chi connectivity index (χ3n) is 7.12. The number of amides is 2. The van der Waals surface area contributed by atoms with Crippen molar-refractivity contribution >= 4 is 53.2 Å². The van der Waals surface area contributed by atoms with Crippen LogP contribution in [0.2, 0.25) is 5.02 Å². The molecule has 2 aliphatic rings. The van der Waals surface area contributed by atoms with Crippen LogP contribution in [-0.2, 0) is 9.53 Å². The monoisotopic (exact) mass is 567 g/mol. The van der Waals surface area contributed by atoms with Gasteiger partial charge in [-0.25, -0.2) is 0 Å². The van der Waals surface area contributed by atoms with Crippen LogP contribution < -0.4 is 15.5 Å². The molecule has 3 aromatic carbocycles. The normalized spacial score (nSPS) is 18.4. The van der Waals surface area contributed by atoms with Gasteiger partial charge in [0.05, 0.1) is 16.3 Å². The van der Waals surface area contributed by atoms with Crippen molar-refractivity contribution in [1.82, 2.24) is 5.32 Å². The van der Waals surface area contributed by atoms with Gasteiger partial charge in [-0.2, -0.15) is 0 Å². The molecule has 204 valence electrons. The van der Waals surface area contributed by atoms with Crippen molar-refractivity contribution in [2.45, 2.75) is 44.8 Å². The first kappa shape index (κ1) is 28.6. The van der Waals surface area contributed by atoms with Gasteiger partial charge in [-0.3, -0.25) is 14.4 Å². The number of fused-ring (bicyclic) bond motifs is 1. The second-order valence-corrected chi connectivity index (χ2v) is 10.1. The number of aryl methyl sites for hydroxylation is 1. The fraction of sp³-hybridized carbons (Fsp3) is 0.300. The minimum absolute atomic E-state index is 0. The van der Waals surface area contributed by atoms with E-state index in [1.807, 2.05) is 49.4 Å². The molecular formula is C30H31Cl2N3O4. The van der Waals surface area contributed by atoms with E-state index in [0.29, 0.717) is 41.9 Å². The number of hydrogen-bond acceptors (Lipinski definition) is 5. The zero-order valence-electron chi connectivity index (χ0n) is 21.6. The summed E-state index contributed by atoms with van der Waals surface area (Å²) in [7, 11) is 0. The van der Waals surface area contributed by atoms with E-state index in [1.165, 1.54) is 0 Å². The summed E-state index contributed by atoms with van der Waals surface area (Å²) in [6.07, 6.45) is 2.60. The number of nitrogens with one attached hydrogen (secondary N) is 2. The maximum atomic E-state index is 13.7. The lowest BCUT2D eigenvalue weighted by Crippen LogP contribution is -2.33. The Labute approximate surface area is 239 Å².